The zero-order valence-corrected chi connectivity index (χ0v) is 22.1. The van der Waals surface area contributed by atoms with Gasteiger partial charge in [-0.25, -0.2) is 9.69 Å². The van der Waals surface area contributed by atoms with E-state index in [1.807, 2.05) is 48.5 Å². The maximum atomic E-state index is 9.92. The number of hydrogen-bond acceptors (Lipinski definition) is 2. The molecule has 0 bridgehead atoms. The molecule has 6 heteroatoms. The maximum Gasteiger partial charge on any atom is 0.195 e. The Balaban J connectivity index is 1.84. The average molecular weight is 549 g/mol. The van der Waals surface area contributed by atoms with Crippen LogP contribution in [0, 0.1) is 35.8 Å². The van der Waals surface area contributed by atoms with Crippen molar-refractivity contribution in [3.05, 3.63) is 129 Å². The van der Waals surface area contributed by atoms with Gasteiger partial charge in [-0.1, -0.05) is 59.6 Å². The van der Waals surface area contributed by atoms with Crippen LogP contribution in [0.5, 0.6) is 0 Å². The SMILES string of the molecule is [C-]#[N+]c1ccc(C#N)c(-c2cc3c4ccc(Cl)cc4c(-c4cc(C#N)ccc4[N+]#[C-])cc3c3ccc(Cl)cc23)c1. The number of nitriles is 2. The van der Waals surface area contributed by atoms with Crippen molar-refractivity contribution >= 4 is 66.9 Å². The van der Waals surface area contributed by atoms with Gasteiger partial charge in [-0.15, -0.1) is 0 Å². The minimum atomic E-state index is 0.429. The first-order chi connectivity index (χ1) is 19.4. The summed E-state index contributed by atoms with van der Waals surface area (Å²) in [4.78, 5) is 7.31. The Hall–Kier alpha value is -5.36. The molecule has 184 valence electrons. The van der Waals surface area contributed by atoms with Gasteiger partial charge in [-0.2, -0.15) is 10.5 Å². The summed E-state index contributed by atoms with van der Waals surface area (Å²) in [6, 6.07) is 29.8. The number of nitrogens with zero attached hydrogens (tertiary/aromatic N) is 4. The Kier molecular flexibility index (Phi) is 6.08. The summed E-state index contributed by atoms with van der Waals surface area (Å²) in [6.07, 6.45) is 0. The summed E-state index contributed by atoms with van der Waals surface area (Å²) in [6.45, 7) is 15.3. The van der Waals surface area contributed by atoms with Gasteiger partial charge in [0.1, 0.15) is 0 Å². The molecule has 0 saturated carbocycles. The lowest BCUT2D eigenvalue weighted by Crippen LogP contribution is -1.91. The van der Waals surface area contributed by atoms with Crippen LogP contribution < -0.4 is 0 Å². The van der Waals surface area contributed by atoms with Gasteiger partial charge in [-0.3, -0.25) is 0 Å². The van der Waals surface area contributed by atoms with Crippen molar-refractivity contribution in [1.82, 2.24) is 0 Å². The molecule has 0 fully saturated rings. The van der Waals surface area contributed by atoms with Crippen LogP contribution in [0.3, 0.4) is 0 Å². The van der Waals surface area contributed by atoms with E-state index in [0.717, 1.165) is 43.4 Å². The molecule has 0 heterocycles. The van der Waals surface area contributed by atoms with Crippen molar-refractivity contribution in [3.63, 3.8) is 0 Å². The third-order valence-corrected chi connectivity index (χ3v) is 7.54. The van der Waals surface area contributed by atoms with Gasteiger partial charge >= 0.3 is 0 Å². The predicted octanol–water partition coefficient (Wildman–Crippen LogP) is 10.6. The van der Waals surface area contributed by atoms with Crippen molar-refractivity contribution in [2.45, 2.75) is 0 Å². The lowest BCUT2D eigenvalue weighted by molar-refractivity contribution is 1.48. The van der Waals surface area contributed by atoms with E-state index in [9.17, 15) is 10.5 Å². The average Bonchev–Trinajstić information content (AvgIpc) is 2.99. The summed E-state index contributed by atoms with van der Waals surface area (Å²) in [5.41, 5.74) is 4.62. The minimum absolute atomic E-state index is 0.429. The Morgan fingerprint density at radius 2 is 1.15 bits per heavy atom. The lowest BCUT2D eigenvalue weighted by atomic mass is 9.86. The van der Waals surface area contributed by atoms with Gasteiger partial charge in [0.2, 0.25) is 0 Å². The number of hydrogen-bond donors (Lipinski definition) is 0. The molecule has 6 aromatic carbocycles. The van der Waals surface area contributed by atoms with Gasteiger partial charge in [-0.05, 0) is 103 Å². The van der Waals surface area contributed by atoms with Gasteiger partial charge in [0.15, 0.2) is 11.4 Å². The fourth-order valence-corrected chi connectivity index (χ4v) is 5.62. The van der Waals surface area contributed by atoms with Crippen LogP contribution in [0.2, 0.25) is 10.0 Å². The highest BCUT2D eigenvalue weighted by molar-refractivity contribution is 6.34. The van der Waals surface area contributed by atoms with Gasteiger partial charge in [0, 0.05) is 10.0 Å². The van der Waals surface area contributed by atoms with Crippen LogP contribution in [-0.4, -0.2) is 0 Å². The fraction of sp³-hybridized carbons (Fsp3) is 0. The summed E-state index contributed by atoms with van der Waals surface area (Å²) >= 11 is 13.0. The largest absolute Gasteiger partial charge is 0.238 e. The molecule has 0 aliphatic carbocycles. The quantitative estimate of drug-likeness (QED) is 0.159. The summed E-state index contributed by atoms with van der Waals surface area (Å²) < 4.78 is 0. The van der Waals surface area contributed by atoms with E-state index in [0.29, 0.717) is 43.7 Å². The van der Waals surface area contributed by atoms with Crippen LogP contribution in [0.15, 0.2) is 84.9 Å². The third-order valence-electron chi connectivity index (χ3n) is 7.07. The number of halogens is 2. The van der Waals surface area contributed by atoms with Gasteiger partial charge < -0.3 is 0 Å². The molecule has 0 atom stereocenters. The Labute approximate surface area is 240 Å². The molecule has 0 radical (unpaired) electrons. The highest BCUT2D eigenvalue weighted by atomic mass is 35.5. The molecule has 40 heavy (non-hydrogen) atoms. The van der Waals surface area contributed by atoms with Crippen molar-refractivity contribution < 1.29 is 0 Å². The Morgan fingerprint density at radius 1 is 0.525 bits per heavy atom. The smallest absolute Gasteiger partial charge is 0.195 e. The molecule has 0 aliphatic rings. The molecule has 0 aromatic heterocycles. The van der Waals surface area contributed by atoms with Crippen LogP contribution in [0.25, 0.3) is 64.3 Å². The molecule has 0 spiro atoms. The highest BCUT2D eigenvalue weighted by Gasteiger charge is 2.18. The van der Waals surface area contributed by atoms with Crippen molar-refractivity contribution in [1.29, 1.82) is 10.5 Å². The first-order valence-corrected chi connectivity index (χ1v) is 12.8. The second kappa shape index (κ2) is 9.75. The normalized spacial score (nSPS) is 10.7. The summed E-state index contributed by atoms with van der Waals surface area (Å²) in [5.74, 6) is 0. The van der Waals surface area contributed by atoms with Crippen LogP contribution >= 0.6 is 23.2 Å². The first kappa shape index (κ1) is 24.9. The molecule has 6 rings (SSSR count). The molecule has 0 saturated heterocycles. The molecule has 0 aliphatic heterocycles. The molecule has 6 aromatic rings. The van der Waals surface area contributed by atoms with E-state index in [1.165, 1.54) is 0 Å². The van der Waals surface area contributed by atoms with Crippen molar-refractivity contribution in [2.24, 2.45) is 0 Å². The van der Waals surface area contributed by atoms with E-state index >= 15 is 0 Å². The topological polar surface area (TPSA) is 56.3 Å². The zero-order valence-electron chi connectivity index (χ0n) is 20.6. The van der Waals surface area contributed by atoms with Crippen LogP contribution in [0.4, 0.5) is 11.4 Å². The molecule has 0 amide bonds. The molecular weight excluding hydrogens is 535 g/mol. The molecule has 4 nitrogen and oxygen atoms in total. The molecule has 0 N–H and O–H groups in total. The van der Waals surface area contributed by atoms with E-state index in [-0.39, 0.29) is 0 Å². The third kappa shape index (κ3) is 3.98. The second-order valence-electron chi connectivity index (χ2n) is 9.23. The number of fused-ring (bicyclic) bond motifs is 5. The minimum Gasteiger partial charge on any atom is -0.238 e. The number of rotatable bonds is 2. The lowest BCUT2D eigenvalue weighted by Gasteiger charge is -2.18. The first-order valence-electron chi connectivity index (χ1n) is 12.1. The number of benzene rings is 6. The Morgan fingerprint density at radius 3 is 1.70 bits per heavy atom. The summed E-state index contributed by atoms with van der Waals surface area (Å²) in [5, 5.41) is 25.9. The zero-order chi connectivity index (χ0) is 28.0. The van der Waals surface area contributed by atoms with Gasteiger partial charge in [0.25, 0.3) is 0 Å². The molecular formula is C34H14Cl2N4. The molecule has 0 unspecified atom stereocenters. The predicted molar refractivity (Wildman–Crippen MR) is 162 cm³/mol. The van der Waals surface area contributed by atoms with Gasteiger partial charge in [0.05, 0.1) is 36.4 Å². The fourth-order valence-electron chi connectivity index (χ4n) is 5.28. The maximum absolute atomic E-state index is 9.92. The second-order valence-corrected chi connectivity index (χ2v) is 10.1. The van der Waals surface area contributed by atoms with E-state index < -0.39 is 0 Å². The summed E-state index contributed by atoms with van der Waals surface area (Å²) in [7, 11) is 0. The van der Waals surface area contributed by atoms with Crippen molar-refractivity contribution in [3.8, 4) is 34.4 Å². The van der Waals surface area contributed by atoms with Crippen molar-refractivity contribution in [2.75, 3.05) is 0 Å². The highest BCUT2D eigenvalue weighted by Crippen LogP contribution is 2.45. The Bertz CT molecular complexity index is 2080. The van der Waals surface area contributed by atoms with E-state index in [4.69, 9.17) is 36.3 Å². The van der Waals surface area contributed by atoms with E-state index in [2.05, 4.69) is 21.8 Å². The van der Waals surface area contributed by atoms with E-state index in [1.54, 1.807) is 36.4 Å². The monoisotopic (exact) mass is 548 g/mol. The van der Waals surface area contributed by atoms with Crippen LogP contribution in [0.1, 0.15) is 11.1 Å². The van der Waals surface area contributed by atoms with Crippen LogP contribution in [-0.2, 0) is 0 Å². The standard InChI is InChI=1S/C34H14Cl2N4/c1-39-23-7-4-20(18-38)26(14-23)31-15-29-25-9-6-22(36)13-28(25)32(33-11-19(17-37)3-10-34(33)40-2)16-30(29)24-8-5-21(35)12-27(24)31/h3-16H.